The Kier molecular flexibility index (Phi) is 20.3. The number of rotatable bonds is 0. The third-order valence-electron chi connectivity index (χ3n) is 17.0. The summed E-state index contributed by atoms with van der Waals surface area (Å²) >= 11 is 0. The van der Waals surface area contributed by atoms with Crippen molar-refractivity contribution in [2.24, 2.45) is 5.41 Å². The molecule has 0 aliphatic rings. The van der Waals surface area contributed by atoms with Crippen molar-refractivity contribution in [3.8, 4) is 0 Å². The van der Waals surface area contributed by atoms with Crippen molar-refractivity contribution in [1.29, 1.82) is 0 Å². The van der Waals surface area contributed by atoms with Crippen molar-refractivity contribution in [3.05, 3.63) is 301 Å². The van der Waals surface area contributed by atoms with Crippen LogP contribution in [0.4, 0.5) is 0 Å². The normalized spacial score (nSPS) is 11.8. The van der Waals surface area contributed by atoms with Crippen molar-refractivity contribution < 1.29 is 0 Å². The van der Waals surface area contributed by atoms with E-state index in [0.29, 0.717) is 5.41 Å². The lowest BCUT2D eigenvalue weighted by Gasteiger charge is -2.22. The second kappa shape index (κ2) is 27.8. The van der Waals surface area contributed by atoms with E-state index in [4.69, 9.17) is 0 Å². The quantitative estimate of drug-likeness (QED) is 0.133. The zero-order chi connectivity index (χ0) is 64.9. The molecular formula is C92H98. The van der Waals surface area contributed by atoms with Gasteiger partial charge in [0.1, 0.15) is 0 Å². The van der Waals surface area contributed by atoms with Gasteiger partial charge in [-0.3, -0.25) is 0 Å². The SMILES string of the molecule is C.CC(C)(C)C.CC(C)(C)c1ccc2c(ccc3ccccc32)c1.CC(C)(C)c1ccc2ccc3ccccc3c2c1.CC(C)(C)c1cccc2c1ccc1ccccc12.CC(C)(C)c1cccc2ccc3ccccc3c12.c1ccc2c(c1)ccc1ccccc12. The fourth-order valence-electron chi connectivity index (χ4n) is 12.3. The molecular weight excluding hydrogens is 1110 g/mol. The lowest BCUT2D eigenvalue weighted by atomic mass is 9.82. The van der Waals surface area contributed by atoms with E-state index in [1.165, 1.54) is 130 Å². The molecule has 0 aliphatic heterocycles. The van der Waals surface area contributed by atoms with Crippen LogP contribution in [-0.4, -0.2) is 0 Å². The minimum Gasteiger partial charge on any atom is -0.0776 e. The van der Waals surface area contributed by atoms with Gasteiger partial charge in [-0.15, -0.1) is 0 Å². The molecule has 0 atom stereocenters. The van der Waals surface area contributed by atoms with Crippen LogP contribution in [0.3, 0.4) is 0 Å². The summed E-state index contributed by atoms with van der Waals surface area (Å²) in [7, 11) is 0. The number of hydrogen-bond donors (Lipinski definition) is 0. The van der Waals surface area contributed by atoms with E-state index in [2.05, 4.69) is 390 Å². The molecule has 0 N–H and O–H groups in total. The van der Waals surface area contributed by atoms with Gasteiger partial charge in [0.25, 0.3) is 0 Å². The van der Waals surface area contributed by atoms with Crippen molar-refractivity contribution in [3.63, 3.8) is 0 Å². The van der Waals surface area contributed by atoms with Crippen LogP contribution in [0, 0.1) is 5.41 Å². The summed E-state index contributed by atoms with van der Waals surface area (Å²) in [5.74, 6) is 0. The Morgan fingerprint density at radius 1 is 0.174 bits per heavy atom. The highest BCUT2D eigenvalue weighted by atomic mass is 14.2. The summed E-state index contributed by atoms with van der Waals surface area (Å²) in [5.41, 5.74) is 6.90. The van der Waals surface area contributed by atoms with Gasteiger partial charge >= 0.3 is 0 Å². The molecule has 0 amide bonds. The first-order valence-electron chi connectivity index (χ1n) is 32.7. The molecule has 15 aromatic carbocycles. The predicted molar refractivity (Wildman–Crippen MR) is 414 cm³/mol. The van der Waals surface area contributed by atoms with Crippen molar-refractivity contribution in [2.75, 3.05) is 0 Å². The van der Waals surface area contributed by atoms with Crippen molar-refractivity contribution in [2.45, 2.75) is 140 Å². The molecule has 0 saturated heterocycles. The fourth-order valence-corrected chi connectivity index (χ4v) is 12.3. The van der Waals surface area contributed by atoms with Gasteiger partial charge in [-0.25, -0.2) is 0 Å². The third kappa shape index (κ3) is 16.0. The molecule has 466 valence electrons. The predicted octanol–water partition coefficient (Wildman–Crippen LogP) is 27.8. The Labute approximate surface area is 551 Å². The average molecular weight is 1200 g/mol. The van der Waals surface area contributed by atoms with Crippen LogP contribution < -0.4 is 0 Å². The summed E-state index contributed by atoms with van der Waals surface area (Å²) in [6.07, 6.45) is 0. The smallest absolute Gasteiger partial charge is 0.00680 e. The summed E-state index contributed by atoms with van der Waals surface area (Å²) < 4.78 is 0. The van der Waals surface area contributed by atoms with Crippen LogP contribution in [0.2, 0.25) is 0 Å². The van der Waals surface area contributed by atoms with Crippen molar-refractivity contribution in [1.82, 2.24) is 0 Å². The molecule has 92 heavy (non-hydrogen) atoms. The van der Waals surface area contributed by atoms with Gasteiger partial charge in [-0.1, -0.05) is 397 Å². The summed E-state index contributed by atoms with van der Waals surface area (Å²) in [6.45, 7) is 36.0. The van der Waals surface area contributed by atoms with Gasteiger partial charge in [0.2, 0.25) is 0 Å². The molecule has 0 aromatic heterocycles. The van der Waals surface area contributed by atoms with E-state index in [1.807, 2.05) is 0 Å². The molecule has 0 aliphatic carbocycles. The highest BCUT2D eigenvalue weighted by Crippen LogP contribution is 2.37. The lowest BCUT2D eigenvalue weighted by Crippen LogP contribution is -2.11. The molecule has 0 saturated carbocycles. The van der Waals surface area contributed by atoms with E-state index in [0.717, 1.165) is 0 Å². The van der Waals surface area contributed by atoms with Gasteiger partial charge in [-0.05, 0) is 157 Å². The Morgan fingerprint density at radius 3 is 0.870 bits per heavy atom. The molecule has 0 spiro atoms. The second-order valence-corrected chi connectivity index (χ2v) is 30.3. The van der Waals surface area contributed by atoms with Crippen LogP contribution in [0.5, 0.6) is 0 Å². The Morgan fingerprint density at radius 2 is 0.435 bits per heavy atom. The lowest BCUT2D eigenvalue weighted by molar-refractivity contribution is 0.469. The van der Waals surface area contributed by atoms with Crippen LogP contribution >= 0.6 is 0 Å². The van der Waals surface area contributed by atoms with E-state index in [-0.39, 0.29) is 29.1 Å². The average Bonchev–Trinajstić information content (AvgIpc) is 0.826. The highest BCUT2D eigenvalue weighted by Gasteiger charge is 2.20. The van der Waals surface area contributed by atoms with E-state index in [1.54, 1.807) is 0 Å². The third-order valence-corrected chi connectivity index (χ3v) is 17.0. The van der Waals surface area contributed by atoms with Gasteiger partial charge < -0.3 is 0 Å². The molecule has 0 heteroatoms. The minimum absolute atomic E-state index is 0. The fraction of sp³-hybridized carbons (Fsp3) is 0.239. The molecule has 15 aromatic rings. The molecule has 0 nitrogen and oxygen atoms in total. The van der Waals surface area contributed by atoms with Crippen LogP contribution in [0.15, 0.2) is 279 Å². The maximum absolute atomic E-state index is 2.34. The van der Waals surface area contributed by atoms with Crippen LogP contribution in [0.25, 0.3) is 108 Å². The molecule has 15 rings (SSSR count). The Balaban J connectivity index is 0.000000133. The summed E-state index contributed by atoms with van der Waals surface area (Å²) in [4.78, 5) is 0. The van der Waals surface area contributed by atoms with E-state index < -0.39 is 0 Å². The van der Waals surface area contributed by atoms with E-state index in [9.17, 15) is 0 Å². The zero-order valence-corrected chi connectivity index (χ0v) is 57.1. The van der Waals surface area contributed by atoms with E-state index >= 15 is 0 Å². The number of hydrogen-bond acceptors (Lipinski definition) is 0. The molecule has 0 heterocycles. The Hall–Kier alpha value is -9.10. The largest absolute Gasteiger partial charge is 0.0776 e. The maximum Gasteiger partial charge on any atom is -0.00680 e. The topological polar surface area (TPSA) is 0 Å². The molecule has 0 radical (unpaired) electrons. The van der Waals surface area contributed by atoms with Gasteiger partial charge in [0, 0.05) is 0 Å². The van der Waals surface area contributed by atoms with Gasteiger partial charge in [-0.2, -0.15) is 0 Å². The summed E-state index contributed by atoms with van der Waals surface area (Å²) in [6, 6.07) is 101. The number of fused-ring (bicyclic) bond motifs is 15. The summed E-state index contributed by atoms with van der Waals surface area (Å²) in [5, 5.41) is 26.8. The van der Waals surface area contributed by atoms with Crippen LogP contribution in [0.1, 0.15) is 140 Å². The molecule has 0 fully saturated rings. The first-order chi connectivity index (χ1) is 43.2. The molecule has 0 bridgehead atoms. The first kappa shape index (κ1) is 67.3. The zero-order valence-electron chi connectivity index (χ0n) is 57.1. The van der Waals surface area contributed by atoms with Gasteiger partial charge in [0.15, 0.2) is 0 Å². The molecule has 0 unspecified atom stereocenters. The highest BCUT2D eigenvalue weighted by molar-refractivity contribution is 6.12. The minimum atomic E-state index is 0. The maximum atomic E-state index is 2.34. The first-order valence-corrected chi connectivity index (χ1v) is 32.7. The van der Waals surface area contributed by atoms with Crippen molar-refractivity contribution >= 4 is 108 Å². The van der Waals surface area contributed by atoms with Gasteiger partial charge in [0.05, 0.1) is 0 Å². The monoisotopic (exact) mass is 1200 g/mol. The standard InChI is InChI=1S/4C18H18.C14H10.C5H12.CH4/c1-18(2,3)16-10-6-8-14-12-11-13-7-4-5-9-15(13)17(14)16;1-18(2,3)17-10-6-9-15-14-8-5-4-7-13(14)11-12-16(15)17;1-18(2,3)15-10-11-17-14(12-15)9-8-13-6-4-5-7-16(13)17;1-18(2,3)15-11-10-14-9-8-13-6-4-5-7-16(13)17(14)12-15;1-3-7-13-11(5-1)9-10-12-6-2-4-8-14(12)13;1-5(2,3)4;/h4*4-12H,1-3H3;1-10H;1-4H3;1H4. The van der Waals surface area contributed by atoms with Crippen LogP contribution in [-0.2, 0) is 21.7 Å². The number of benzene rings is 15. The Bertz CT molecular complexity index is 4900. The second-order valence-electron chi connectivity index (χ2n) is 30.3.